The molecule has 2 heterocycles. The van der Waals surface area contributed by atoms with Crippen LogP contribution in [0.5, 0.6) is 0 Å². The number of rotatable bonds is 5. The maximum absolute atomic E-state index is 14.1. The third kappa shape index (κ3) is 4.22. The number of fused-ring (bicyclic) bond motifs is 1. The van der Waals surface area contributed by atoms with Gasteiger partial charge in [-0.2, -0.15) is 0 Å². The summed E-state index contributed by atoms with van der Waals surface area (Å²) in [6.45, 7) is 2.84. The van der Waals surface area contributed by atoms with Gasteiger partial charge >= 0.3 is 0 Å². The summed E-state index contributed by atoms with van der Waals surface area (Å²) >= 11 is 1.19. The van der Waals surface area contributed by atoms with Crippen LogP contribution >= 0.6 is 11.8 Å². The number of nitrogens with zero attached hydrogens (tertiary/aromatic N) is 1. The molecule has 1 amide bonds. The molecule has 0 atom stereocenters. The highest BCUT2D eigenvalue weighted by molar-refractivity contribution is 8.00. The highest BCUT2D eigenvalue weighted by Crippen LogP contribution is 2.33. The lowest BCUT2D eigenvalue weighted by molar-refractivity contribution is -0.129. The van der Waals surface area contributed by atoms with Gasteiger partial charge < -0.3 is 9.88 Å². The Kier molecular flexibility index (Phi) is 5.72. The summed E-state index contributed by atoms with van der Waals surface area (Å²) < 4.78 is 14.1. The van der Waals surface area contributed by atoms with Crippen molar-refractivity contribution < 1.29 is 14.0 Å². The SMILES string of the molecule is CC(=O)c1ccc(SCC(=O)N2CCC(c3c[nH]c4ccccc34)CC2)c(F)c1. The van der Waals surface area contributed by atoms with E-state index >= 15 is 0 Å². The number of piperidine rings is 1. The van der Waals surface area contributed by atoms with Crippen molar-refractivity contribution in [1.29, 1.82) is 0 Å². The number of halogens is 1. The van der Waals surface area contributed by atoms with Crippen LogP contribution in [0.2, 0.25) is 0 Å². The summed E-state index contributed by atoms with van der Waals surface area (Å²) in [5, 5.41) is 1.26. The fourth-order valence-corrected chi connectivity index (χ4v) is 4.76. The average molecular weight is 411 g/mol. The first kappa shape index (κ1) is 19.7. The van der Waals surface area contributed by atoms with E-state index in [9.17, 15) is 14.0 Å². The standard InChI is InChI=1S/C23H23FN2O2S/c1-15(27)17-6-7-22(20(24)12-17)29-14-23(28)26-10-8-16(9-11-26)19-13-25-21-5-3-2-4-18(19)21/h2-7,12-13,16,25H,8-11,14H2,1H3. The van der Waals surface area contributed by atoms with Crippen molar-refractivity contribution in [1.82, 2.24) is 9.88 Å². The van der Waals surface area contributed by atoms with E-state index in [0.717, 1.165) is 31.4 Å². The fourth-order valence-electron chi connectivity index (χ4n) is 3.94. The predicted molar refractivity (Wildman–Crippen MR) is 114 cm³/mol. The molecule has 29 heavy (non-hydrogen) atoms. The molecule has 0 unspecified atom stereocenters. The van der Waals surface area contributed by atoms with Gasteiger partial charge in [0.05, 0.1) is 5.75 Å². The summed E-state index contributed by atoms with van der Waals surface area (Å²) in [5.41, 5.74) is 2.82. The van der Waals surface area contributed by atoms with E-state index in [4.69, 9.17) is 0 Å². The molecule has 0 radical (unpaired) electrons. The van der Waals surface area contributed by atoms with Crippen molar-refractivity contribution in [3.05, 3.63) is 65.6 Å². The van der Waals surface area contributed by atoms with Crippen LogP contribution in [-0.4, -0.2) is 40.4 Å². The van der Waals surface area contributed by atoms with Gasteiger partial charge in [0, 0.05) is 40.6 Å². The minimum Gasteiger partial charge on any atom is -0.361 e. The van der Waals surface area contributed by atoms with Gasteiger partial charge in [-0.25, -0.2) is 4.39 Å². The molecule has 6 heteroatoms. The van der Waals surface area contributed by atoms with Crippen LogP contribution in [-0.2, 0) is 4.79 Å². The van der Waals surface area contributed by atoms with Crippen molar-refractivity contribution >= 4 is 34.4 Å². The molecule has 1 aliphatic rings. The number of hydrogen-bond acceptors (Lipinski definition) is 3. The maximum atomic E-state index is 14.1. The quantitative estimate of drug-likeness (QED) is 0.475. The zero-order valence-electron chi connectivity index (χ0n) is 16.3. The van der Waals surface area contributed by atoms with Gasteiger partial charge in [-0.15, -0.1) is 11.8 Å². The molecule has 4 nitrogen and oxygen atoms in total. The number of aromatic amines is 1. The fraction of sp³-hybridized carbons (Fsp3) is 0.304. The van der Waals surface area contributed by atoms with Crippen molar-refractivity contribution in [2.75, 3.05) is 18.8 Å². The first-order chi connectivity index (χ1) is 14.0. The predicted octanol–water partition coefficient (Wildman–Crippen LogP) is 5.01. The summed E-state index contributed by atoms with van der Waals surface area (Å²) in [5.74, 6) is 0.0543. The highest BCUT2D eigenvalue weighted by atomic mass is 32.2. The number of carbonyl (C=O) groups excluding carboxylic acids is 2. The highest BCUT2D eigenvalue weighted by Gasteiger charge is 2.25. The van der Waals surface area contributed by atoms with E-state index in [2.05, 4.69) is 29.4 Å². The number of nitrogens with one attached hydrogen (secondary N) is 1. The molecule has 1 aromatic heterocycles. The number of aromatic nitrogens is 1. The zero-order valence-corrected chi connectivity index (χ0v) is 17.1. The summed E-state index contributed by atoms with van der Waals surface area (Å²) in [4.78, 5) is 29.5. The number of carbonyl (C=O) groups is 2. The number of para-hydroxylation sites is 1. The molecule has 0 bridgehead atoms. The van der Waals surface area contributed by atoms with E-state index in [0.29, 0.717) is 16.4 Å². The second kappa shape index (κ2) is 8.41. The van der Waals surface area contributed by atoms with Gasteiger partial charge in [-0.1, -0.05) is 24.3 Å². The van der Waals surface area contributed by atoms with Crippen molar-refractivity contribution in [2.45, 2.75) is 30.6 Å². The second-order valence-electron chi connectivity index (χ2n) is 7.43. The number of thioether (sulfide) groups is 1. The molecule has 0 spiro atoms. The number of benzene rings is 2. The Bertz CT molecular complexity index is 1050. The van der Waals surface area contributed by atoms with Crippen LogP contribution in [0.4, 0.5) is 4.39 Å². The molecule has 1 N–H and O–H groups in total. The number of likely N-dealkylation sites (tertiary alicyclic amines) is 1. The van der Waals surface area contributed by atoms with Gasteiger partial charge in [-0.3, -0.25) is 9.59 Å². The van der Waals surface area contributed by atoms with E-state index in [-0.39, 0.29) is 17.4 Å². The summed E-state index contributed by atoms with van der Waals surface area (Å²) in [7, 11) is 0. The average Bonchev–Trinajstić information content (AvgIpc) is 3.17. The van der Waals surface area contributed by atoms with Crippen LogP contribution in [0.3, 0.4) is 0 Å². The van der Waals surface area contributed by atoms with Crippen LogP contribution in [0.15, 0.2) is 53.6 Å². The Morgan fingerprint density at radius 2 is 1.93 bits per heavy atom. The molecular weight excluding hydrogens is 387 g/mol. The molecular formula is C23H23FN2O2S. The molecule has 0 aliphatic carbocycles. The number of amides is 1. The first-order valence-corrected chi connectivity index (χ1v) is 10.8. The molecule has 1 fully saturated rings. The van der Waals surface area contributed by atoms with E-state index in [1.54, 1.807) is 12.1 Å². The lowest BCUT2D eigenvalue weighted by Crippen LogP contribution is -2.38. The molecule has 3 aromatic rings. The topological polar surface area (TPSA) is 53.2 Å². The molecule has 1 saturated heterocycles. The van der Waals surface area contributed by atoms with Gasteiger partial charge in [0.25, 0.3) is 0 Å². The smallest absolute Gasteiger partial charge is 0.232 e. The monoisotopic (exact) mass is 410 g/mol. The van der Waals surface area contributed by atoms with Crippen molar-refractivity contribution in [2.24, 2.45) is 0 Å². The van der Waals surface area contributed by atoms with E-state index in [1.807, 2.05) is 11.0 Å². The minimum atomic E-state index is -0.450. The van der Waals surface area contributed by atoms with Crippen LogP contribution < -0.4 is 0 Å². The van der Waals surface area contributed by atoms with E-state index in [1.165, 1.54) is 35.7 Å². The lowest BCUT2D eigenvalue weighted by Gasteiger charge is -2.32. The Morgan fingerprint density at radius 1 is 1.17 bits per heavy atom. The zero-order chi connectivity index (χ0) is 20.4. The molecule has 150 valence electrons. The number of Topliss-reactive ketones (excluding diaryl/α,β-unsaturated/α-hetero) is 1. The van der Waals surface area contributed by atoms with Crippen molar-refractivity contribution in [3.8, 4) is 0 Å². The normalized spacial score (nSPS) is 15.0. The maximum Gasteiger partial charge on any atom is 0.232 e. The van der Waals surface area contributed by atoms with Gasteiger partial charge in [0.2, 0.25) is 5.91 Å². The molecule has 0 saturated carbocycles. The Morgan fingerprint density at radius 3 is 2.66 bits per heavy atom. The van der Waals surface area contributed by atoms with Gasteiger partial charge in [0.1, 0.15) is 5.82 Å². The van der Waals surface area contributed by atoms with Crippen molar-refractivity contribution in [3.63, 3.8) is 0 Å². The Hall–Kier alpha value is -2.60. The Labute approximate surface area is 173 Å². The van der Waals surface area contributed by atoms with Crippen LogP contribution in [0, 0.1) is 5.82 Å². The minimum absolute atomic E-state index is 0.0300. The molecule has 4 rings (SSSR count). The third-order valence-electron chi connectivity index (χ3n) is 5.60. The summed E-state index contributed by atoms with van der Waals surface area (Å²) in [6, 6.07) is 12.7. The number of H-pyrrole nitrogens is 1. The lowest BCUT2D eigenvalue weighted by atomic mass is 9.89. The second-order valence-corrected chi connectivity index (χ2v) is 8.45. The molecule has 1 aliphatic heterocycles. The van der Waals surface area contributed by atoms with Gasteiger partial charge in [-0.05, 0) is 49.4 Å². The van der Waals surface area contributed by atoms with Crippen LogP contribution in [0.1, 0.15) is 41.6 Å². The third-order valence-corrected chi connectivity index (χ3v) is 6.63. The van der Waals surface area contributed by atoms with E-state index < -0.39 is 5.82 Å². The first-order valence-electron chi connectivity index (χ1n) is 9.80. The largest absolute Gasteiger partial charge is 0.361 e. The molecule has 2 aromatic carbocycles. The van der Waals surface area contributed by atoms with Gasteiger partial charge in [0.15, 0.2) is 5.78 Å². The number of hydrogen-bond donors (Lipinski definition) is 1. The van der Waals surface area contributed by atoms with Crippen LogP contribution in [0.25, 0.3) is 10.9 Å². The Balaban J connectivity index is 1.33. The summed E-state index contributed by atoms with van der Waals surface area (Å²) in [6.07, 6.45) is 3.95. The number of ketones is 1.